The first-order chi connectivity index (χ1) is 5.48. The van der Waals surface area contributed by atoms with Gasteiger partial charge in [0.1, 0.15) is 6.10 Å². The van der Waals surface area contributed by atoms with Crippen LogP contribution in [0.3, 0.4) is 0 Å². The fourth-order valence-electron chi connectivity index (χ4n) is 0.881. The molecule has 0 aliphatic carbocycles. The van der Waals surface area contributed by atoms with E-state index < -0.39 is 24.2 Å². The molecule has 0 saturated carbocycles. The van der Waals surface area contributed by atoms with Crippen LogP contribution in [0.15, 0.2) is 0 Å². The Balaban J connectivity index is 2.71. The number of aliphatic hydroxyl groups excluding tert-OH is 1. The Labute approximate surface area is 68.3 Å². The molecule has 0 radical (unpaired) electrons. The summed E-state index contributed by atoms with van der Waals surface area (Å²) in [6.45, 7) is 0. The summed E-state index contributed by atoms with van der Waals surface area (Å²) in [6.07, 6.45) is -2.65. The van der Waals surface area contributed by atoms with Crippen LogP contribution in [-0.2, 0) is 14.3 Å². The van der Waals surface area contributed by atoms with Crippen LogP contribution in [0.25, 0.3) is 0 Å². The van der Waals surface area contributed by atoms with Gasteiger partial charge in [0.2, 0.25) is 6.29 Å². The molecule has 1 aliphatic rings. The molecular weight excluding hydrogens is 168 g/mol. The predicted molar refractivity (Wildman–Crippen MR) is 34.7 cm³/mol. The van der Waals surface area contributed by atoms with Crippen molar-refractivity contribution in [1.82, 2.24) is 0 Å². The molecule has 0 aromatic carbocycles. The number of esters is 1. The fraction of sp³-hybridized carbons (Fsp3) is 0.833. The quantitative estimate of drug-likeness (QED) is 0.316. The van der Waals surface area contributed by atoms with E-state index in [4.69, 9.17) is 15.3 Å². The Kier molecular flexibility index (Phi) is 2.34. The molecule has 12 heavy (non-hydrogen) atoms. The highest BCUT2D eigenvalue weighted by Gasteiger charge is 2.49. The van der Waals surface area contributed by atoms with Gasteiger partial charge in [-0.3, -0.25) is 0 Å². The highest BCUT2D eigenvalue weighted by molar-refractivity contribution is 5.78. The van der Waals surface area contributed by atoms with Crippen LogP contribution in [0.2, 0.25) is 0 Å². The summed E-state index contributed by atoms with van der Waals surface area (Å²) in [4.78, 5) is 10.7. The summed E-state index contributed by atoms with van der Waals surface area (Å²) in [5.74, 6) is -4.11. The molecule has 1 rings (SSSR count). The topological polar surface area (TPSA) is 96.2 Å². The van der Waals surface area contributed by atoms with Gasteiger partial charge in [-0.1, -0.05) is 0 Å². The van der Waals surface area contributed by atoms with Crippen molar-refractivity contribution in [3.05, 3.63) is 0 Å². The molecule has 6 heteroatoms. The van der Waals surface area contributed by atoms with Crippen LogP contribution in [0, 0.1) is 0 Å². The molecule has 0 bridgehead atoms. The third-order valence-electron chi connectivity index (χ3n) is 1.68. The second kappa shape index (κ2) is 2.98. The normalized spacial score (nSPS) is 34.5. The zero-order valence-electron chi connectivity index (χ0n) is 6.43. The van der Waals surface area contributed by atoms with Crippen LogP contribution >= 0.6 is 0 Å². The number of carbonyl (C=O) groups is 1. The van der Waals surface area contributed by atoms with E-state index in [0.717, 1.165) is 0 Å². The molecule has 3 N–H and O–H groups in total. The van der Waals surface area contributed by atoms with Gasteiger partial charge in [-0.2, -0.15) is 0 Å². The molecule has 1 heterocycles. The Morgan fingerprint density at radius 1 is 1.67 bits per heavy atom. The van der Waals surface area contributed by atoms with Gasteiger partial charge >= 0.3 is 5.97 Å². The third kappa shape index (κ3) is 1.42. The minimum Gasteiger partial charge on any atom is -0.432 e. The average Bonchev–Trinajstić information content (AvgIpc) is 2.00. The van der Waals surface area contributed by atoms with Crippen molar-refractivity contribution in [2.24, 2.45) is 0 Å². The molecule has 2 unspecified atom stereocenters. The van der Waals surface area contributed by atoms with Crippen LogP contribution in [0.1, 0.15) is 6.42 Å². The maximum absolute atomic E-state index is 10.7. The standard InChI is InChI=1S/C6H10O6/c1-11-4-2-3(7)6(9,10)5(8)12-4/h3-4,7,9-10H,2H2,1H3. The molecule has 6 nitrogen and oxygen atoms in total. The lowest BCUT2D eigenvalue weighted by Gasteiger charge is -2.33. The van der Waals surface area contributed by atoms with Gasteiger partial charge in [-0.15, -0.1) is 0 Å². The largest absolute Gasteiger partial charge is 0.432 e. The van der Waals surface area contributed by atoms with Gasteiger partial charge in [0.25, 0.3) is 5.79 Å². The number of cyclic esters (lactones) is 1. The van der Waals surface area contributed by atoms with Crippen molar-refractivity contribution in [2.75, 3.05) is 7.11 Å². The van der Waals surface area contributed by atoms with Crippen molar-refractivity contribution in [3.8, 4) is 0 Å². The molecular formula is C6H10O6. The van der Waals surface area contributed by atoms with Crippen molar-refractivity contribution in [1.29, 1.82) is 0 Å². The van der Waals surface area contributed by atoms with Crippen molar-refractivity contribution in [3.63, 3.8) is 0 Å². The van der Waals surface area contributed by atoms with Crippen molar-refractivity contribution in [2.45, 2.75) is 24.6 Å². The van der Waals surface area contributed by atoms with Crippen LogP contribution in [0.4, 0.5) is 0 Å². The summed E-state index contributed by atoms with van der Waals surface area (Å²) in [5.41, 5.74) is 0. The highest BCUT2D eigenvalue weighted by atomic mass is 16.7. The summed E-state index contributed by atoms with van der Waals surface area (Å²) in [6, 6.07) is 0. The van der Waals surface area contributed by atoms with E-state index in [0.29, 0.717) is 0 Å². The lowest BCUT2D eigenvalue weighted by Crippen LogP contribution is -2.56. The lowest BCUT2D eigenvalue weighted by molar-refractivity contribution is -0.287. The highest BCUT2D eigenvalue weighted by Crippen LogP contribution is 2.22. The van der Waals surface area contributed by atoms with Gasteiger partial charge in [0.05, 0.1) is 0 Å². The second-order valence-corrected chi connectivity index (χ2v) is 2.55. The number of aliphatic hydroxyl groups is 3. The Hall–Kier alpha value is -0.690. The summed E-state index contributed by atoms with van der Waals surface area (Å²) < 4.78 is 9.00. The number of ether oxygens (including phenoxy) is 2. The molecule has 0 aromatic heterocycles. The first-order valence-corrected chi connectivity index (χ1v) is 3.35. The van der Waals surface area contributed by atoms with Crippen molar-refractivity contribution < 1.29 is 29.6 Å². The van der Waals surface area contributed by atoms with E-state index in [1.165, 1.54) is 7.11 Å². The van der Waals surface area contributed by atoms with Gasteiger partial charge in [-0.25, -0.2) is 4.79 Å². The summed E-state index contributed by atoms with van der Waals surface area (Å²) >= 11 is 0. The lowest BCUT2D eigenvalue weighted by atomic mass is 10.0. The van der Waals surface area contributed by atoms with E-state index >= 15 is 0 Å². The summed E-state index contributed by atoms with van der Waals surface area (Å²) in [7, 11) is 1.28. The summed E-state index contributed by atoms with van der Waals surface area (Å²) in [5, 5.41) is 26.8. The monoisotopic (exact) mass is 178 g/mol. The van der Waals surface area contributed by atoms with Crippen LogP contribution in [-0.4, -0.2) is 46.6 Å². The molecule has 0 amide bonds. The number of hydrogen-bond acceptors (Lipinski definition) is 6. The van der Waals surface area contributed by atoms with Crippen molar-refractivity contribution >= 4 is 5.97 Å². The molecule has 1 aliphatic heterocycles. The second-order valence-electron chi connectivity index (χ2n) is 2.55. The van der Waals surface area contributed by atoms with Crippen LogP contribution in [0.5, 0.6) is 0 Å². The zero-order chi connectivity index (χ0) is 9.35. The molecule has 70 valence electrons. The number of rotatable bonds is 1. The molecule has 1 saturated heterocycles. The van der Waals surface area contributed by atoms with Gasteiger partial charge in [0.15, 0.2) is 0 Å². The molecule has 0 aromatic rings. The third-order valence-corrected chi connectivity index (χ3v) is 1.68. The van der Waals surface area contributed by atoms with E-state index in [1.807, 2.05) is 0 Å². The number of methoxy groups -OCH3 is 1. The SMILES string of the molecule is COC1CC(O)C(O)(O)C(=O)O1. The first-order valence-electron chi connectivity index (χ1n) is 3.35. The minimum absolute atomic E-state index is 0.158. The average molecular weight is 178 g/mol. The molecule has 1 fully saturated rings. The van der Waals surface area contributed by atoms with Gasteiger partial charge < -0.3 is 24.8 Å². The first kappa shape index (κ1) is 9.40. The van der Waals surface area contributed by atoms with Gasteiger partial charge in [-0.05, 0) is 0 Å². The maximum atomic E-state index is 10.7. The smallest absolute Gasteiger partial charge is 0.371 e. The minimum atomic E-state index is -2.81. The van der Waals surface area contributed by atoms with Gasteiger partial charge in [0, 0.05) is 13.5 Å². The fourth-order valence-corrected chi connectivity index (χ4v) is 0.881. The number of hydrogen-bond donors (Lipinski definition) is 3. The number of carbonyl (C=O) groups excluding carboxylic acids is 1. The van der Waals surface area contributed by atoms with E-state index in [1.54, 1.807) is 0 Å². The van der Waals surface area contributed by atoms with E-state index in [9.17, 15) is 4.79 Å². The predicted octanol–water partition coefficient (Wildman–Crippen LogP) is -2.05. The van der Waals surface area contributed by atoms with Crippen LogP contribution < -0.4 is 0 Å². The Morgan fingerprint density at radius 3 is 2.67 bits per heavy atom. The molecule has 2 atom stereocenters. The molecule has 0 spiro atoms. The zero-order valence-corrected chi connectivity index (χ0v) is 6.43. The Bertz CT molecular complexity index is 188. The maximum Gasteiger partial charge on any atom is 0.371 e. The van der Waals surface area contributed by atoms with E-state index in [-0.39, 0.29) is 6.42 Å². The Morgan fingerprint density at radius 2 is 2.25 bits per heavy atom. The van der Waals surface area contributed by atoms with E-state index in [2.05, 4.69) is 9.47 Å².